The van der Waals surface area contributed by atoms with Crippen molar-refractivity contribution in [2.75, 3.05) is 37.6 Å². The molecule has 1 atom stereocenters. The molecule has 146 valence electrons. The second kappa shape index (κ2) is 9.65. The summed E-state index contributed by atoms with van der Waals surface area (Å²) >= 11 is 0. The van der Waals surface area contributed by atoms with E-state index in [0.29, 0.717) is 12.1 Å². The molecule has 2 saturated heterocycles. The van der Waals surface area contributed by atoms with E-state index in [1.807, 2.05) is 0 Å². The maximum absolute atomic E-state index is 4.88. The number of aryl methyl sites for hydroxylation is 1. The fourth-order valence-electron chi connectivity index (χ4n) is 4.35. The molecule has 3 rings (SSSR count). The van der Waals surface area contributed by atoms with Gasteiger partial charge in [0.2, 0.25) is 5.95 Å². The fourth-order valence-corrected chi connectivity index (χ4v) is 4.35. The average molecular weight is 360 g/mol. The highest BCUT2D eigenvalue weighted by molar-refractivity contribution is 5.34. The third-order valence-electron chi connectivity index (χ3n) is 6.13. The summed E-state index contributed by atoms with van der Waals surface area (Å²) < 4.78 is 0. The summed E-state index contributed by atoms with van der Waals surface area (Å²) in [4.78, 5) is 14.5. The molecule has 0 saturated carbocycles. The Balaban J connectivity index is 1.59. The van der Waals surface area contributed by atoms with Gasteiger partial charge in [-0.1, -0.05) is 26.2 Å². The maximum atomic E-state index is 4.88. The second-order valence-corrected chi connectivity index (χ2v) is 8.06. The standard InChI is InChI=1S/C21H37N5/c1-4-25-14-10-19(11-15-25)23-17(2)20-16-22-21(24-18(20)3)26-12-8-6-5-7-9-13-26/h16-17,19,23H,4-15H2,1-3H3/t17-/m0/s1. The van der Waals surface area contributed by atoms with E-state index < -0.39 is 0 Å². The Kier molecular flexibility index (Phi) is 7.26. The number of hydrogen-bond acceptors (Lipinski definition) is 5. The van der Waals surface area contributed by atoms with Gasteiger partial charge in [0.25, 0.3) is 0 Å². The van der Waals surface area contributed by atoms with Crippen molar-refractivity contribution in [3.63, 3.8) is 0 Å². The minimum Gasteiger partial charge on any atom is -0.341 e. The molecule has 0 unspecified atom stereocenters. The SMILES string of the molecule is CCN1CCC(N[C@@H](C)c2cnc(N3CCCCCCC3)nc2C)CC1. The zero-order chi connectivity index (χ0) is 18.4. The lowest BCUT2D eigenvalue weighted by atomic mass is 10.0. The molecule has 5 nitrogen and oxygen atoms in total. The molecular weight excluding hydrogens is 322 g/mol. The van der Waals surface area contributed by atoms with Gasteiger partial charge in [-0.3, -0.25) is 0 Å². The Bertz CT molecular complexity index is 545. The van der Waals surface area contributed by atoms with E-state index in [9.17, 15) is 0 Å². The Labute approximate surface area is 159 Å². The van der Waals surface area contributed by atoms with Crippen LogP contribution in [0.5, 0.6) is 0 Å². The second-order valence-electron chi connectivity index (χ2n) is 8.06. The van der Waals surface area contributed by atoms with E-state index in [1.54, 1.807) is 0 Å². The molecule has 1 aromatic rings. The largest absolute Gasteiger partial charge is 0.341 e. The maximum Gasteiger partial charge on any atom is 0.225 e. The van der Waals surface area contributed by atoms with Crippen molar-refractivity contribution in [3.05, 3.63) is 17.5 Å². The first-order chi connectivity index (χ1) is 12.7. The van der Waals surface area contributed by atoms with Crippen molar-refractivity contribution in [3.8, 4) is 0 Å². The van der Waals surface area contributed by atoms with Crippen LogP contribution in [0.2, 0.25) is 0 Å². The minimum absolute atomic E-state index is 0.314. The molecular formula is C21H37N5. The predicted molar refractivity (Wildman–Crippen MR) is 109 cm³/mol. The molecule has 1 aromatic heterocycles. The monoisotopic (exact) mass is 359 g/mol. The summed E-state index contributed by atoms with van der Waals surface area (Å²) in [6.45, 7) is 12.5. The predicted octanol–water partition coefficient (Wildman–Crippen LogP) is 3.69. The number of likely N-dealkylation sites (tertiary alicyclic amines) is 1. The highest BCUT2D eigenvalue weighted by Crippen LogP contribution is 2.22. The summed E-state index contributed by atoms with van der Waals surface area (Å²) in [6, 6.07) is 0.927. The minimum atomic E-state index is 0.314. The number of anilines is 1. The van der Waals surface area contributed by atoms with E-state index >= 15 is 0 Å². The van der Waals surface area contributed by atoms with Crippen molar-refractivity contribution in [2.45, 2.75) is 77.8 Å². The molecule has 3 heterocycles. The zero-order valence-corrected chi connectivity index (χ0v) is 17.0. The van der Waals surface area contributed by atoms with Gasteiger partial charge in [0.1, 0.15) is 0 Å². The van der Waals surface area contributed by atoms with Gasteiger partial charge >= 0.3 is 0 Å². The van der Waals surface area contributed by atoms with E-state index in [0.717, 1.165) is 24.7 Å². The molecule has 2 aliphatic heterocycles. The van der Waals surface area contributed by atoms with Crippen LogP contribution in [0.4, 0.5) is 5.95 Å². The van der Waals surface area contributed by atoms with Crippen LogP contribution in [0.1, 0.15) is 76.1 Å². The van der Waals surface area contributed by atoms with Gasteiger partial charge in [-0.05, 0) is 59.2 Å². The topological polar surface area (TPSA) is 44.3 Å². The fraction of sp³-hybridized carbons (Fsp3) is 0.810. The first kappa shape index (κ1) is 19.6. The molecule has 5 heteroatoms. The van der Waals surface area contributed by atoms with Crippen LogP contribution < -0.4 is 10.2 Å². The van der Waals surface area contributed by atoms with E-state index in [1.165, 1.54) is 70.1 Å². The Morgan fingerprint density at radius 3 is 2.35 bits per heavy atom. The third-order valence-corrected chi connectivity index (χ3v) is 6.13. The summed E-state index contributed by atoms with van der Waals surface area (Å²) in [5.74, 6) is 0.927. The Hall–Kier alpha value is -1.20. The van der Waals surface area contributed by atoms with Crippen LogP contribution in [0, 0.1) is 6.92 Å². The number of rotatable bonds is 5. The van der Waals surface area contributed by atoms with Crippen LogP contribution in [-0.2, 0) is 0 Å². The highest BCUT2D eigenvalue weighted by Gasteiger charge is 2.21. The van der Waals surface area contributed by atoms with Crippen LogP contribution in [0.25, 0.3) is 0 Å². The molecule has 0 bridgehead atoms. The van der Waals surface area contributed by atoms with Crippen molar-refractivity contribution < 1.29 is 0 Å². The molecule has 2 aliphatic rings. The smallest absolute Gasteiger partial charge is 0.225 e. The van der Waals surface area contributed by atoms with Gasteiger partial charge in [-0.25, -0.2) is 9.97 Å². The molecule has 2 fully saturated rings. The summed E-state index contributed by atoms with van der Waals surface area (Å²) in [6.07, 6.45) is 11.1. The van der Waals surface area contributed by atoms with Crippen LogP contribution >= 0.6 is 0 Å². The van der Waals surface area contributed by atoms with E-state index in [4.69, 9.17) is 9.97 Å². The van der Waals surface area contributed by atoms with Gasteiger partial charge in [0.05, 0.1) is 0 Å². The third kappa shape index (κ3) is 5.17. The first-order valence-corrected chi connectivity index (χ1v) is 10.7. The highest BCUT2D eigenvalue weighted by atomic mass is 15.2. The van der Waals surface area contributed by atoms with Crippen LogP contribution in [0.15, 0.2) is 6.20 Å². The zero-order valence-electron chi connectivity index (χ0n) is 17.0. The molecule has 0 aromatic carbocycles. The van der Waals surface area contributed by atoms with Crippen LogP contribution in [0.3, 0.4) is 0 Å². The van der Waals surface area contributed by atoms with Gasteiger partial charge in [0, 0.05) is 42.6 Å². The number of nitrogens with one attached hydrogen (secondary N) is 1. The summed E-state index contributed by atoms with van der Waals surface area (Å²) in [7, 11) is 0. The first-order valence-electron chi connectivity index (χ1n) is 10.7. The Morgan fingerprint density at radius 1 is 1.08 bits per heavy atom. The molecule has 0 amide bonds. The normalized spacial score (nSPS) is 22.0. The van der Waals surface area contributed by atoms with Crippen LogP contribution in [-0.4, -0.2) is 53.6 Å². The van der Waals surface area contributed by atoms with Gasteiger partial charge < -0.3 is 15.1 Å². The molecule has 0 radical (unpaired) electrons. The van der Waals surface area contributed by atoms with Crippen molar-refractivity contribution in [1.82, 2.24) is 20.2 Å². The van der Waals surface area contributed by atoms with Gasteiger partial charge in [0.15, 0.2) is 0 Å². The summed E-state index contributed by atoms with van der Waals surface area (Å²) in [5, 5.41) is 3.82. The lowest BCUT2D eigenvalue weighted by Gasteiger charge is -2.33. The lowest BCUT2D eigenvalue weighted by Crippen LogP contribution is -2.43. The number of aromatic nitrogens is 2. The quantitative estimate of drug-likeness (QED) is 0.868. The van der Waals surface area contributed by atoms with Gasteiger partial charge in [-0.15, -0.1) is 0 Å². The summed E-state index contributed by atoms with van der Waals surface area (Å²) in [5.41, 5.74) is 2.38. The molecule has 0 spiro atoms. The van der Waals surface area contributed by atoms with Crippen molar-refractivity contribution in [2.24, 2.45) is 0 Å². The molecule has 26 heavy (non-hydrogen) atoms. The van der Waals surface area contributed by atoms with Crippen molar-refractivity contribution >= 4 is 5.95 Å². The lowest BCUT2D eigenvalue weighted by molar-refractivity contribution is 0.200. The molecule has 1 N–H and O–H groups in total. The number of nitrogens with zero attached hydrogens (tertiary/aromatic N) is 4. The number of hydrogen-bond donors (Lipinski definition) is 1. The molecule has 0 aliphatic carbocycles. The van der Waals surface area contributed by atoms with E-state index in [-0.39, 0.29) is 0 Å². The Morgan fingerprint density at radius 2 is 1.73 bits per heavy atom. The van der Waals surface area contributed by atoms with Gasteiger partial charge in [-0.2, -0.15) is 0 Å². The van der Waals surface area contributed by atoms with Crippen molar-refractivity contribution in [1.29, 1.82) is 0 Å². The van der Waals surface area contributed by atoms with E-state index in [2.05, 4.69) is 42.1 Å². The average Bonchev–Trinajstić information content (AvgIpc) is 2.62. The number of piperidine rings is 1.